The number of fused-ring (bicyclic) bond motifs is 1. The Morgan fingerprint density at radius 1 is 1.21 bits per heavy atom. The van der Waals surface area contributed by atoms with Gasteiger partial charge >= 0.3 is 11.9 Å². The van der Waals surface area contributed by atoms with E-state index in [1.54, 1.807) is 0 Å². The molecule has 6 nitrogen and oxygen atoms in total. The van der Waals surface area contributed by atoms with Crippen LogP contribution in [-0.4, -0.2) is 31.6 Å². The molecule has 0 bridgehead atoms. The fourth-order valence-corrected chi connectivity index (χ4v) is 4.84. The molecule has 1 aromatic carbocycles. The van der Waals surface area contributed by atoms with Gasteiger partial charge in [-0.15, -0.1) is 11.3 Å². The Hall–Kier alpha value is -2.67. The van der Waals surface area contributed by atoms with Crippen LogP contribution in [0.2, 0.25) is 0 Å². The molecule has 1 unspecified atom stereocenters. The quantitative estimate of drug-likeness (QED) is 0.696. The summed E-state index contributed by atoms with van der Waals surface area (Å²) < 4.78 is 9.99. The lowest BCUT2D eigenvalue weighted by Gasteiger charge is -2.18. The second kappa shape index (κ2) is 9.69. The molecule has 1 atom stereocenters. The van der Waals surface area contributed by atoms with Crippen molar-refractivity contribution in [2.45, 2.75) is 39.0 Å². The third-order valence-corrected chi connectivity index (χ3v) is 6.15. The van der Waals surface area contributed by atoms with Gasteiger partial charge in [0.25, 0.3) is 5.91 Å². The minimum Gasteiger partial charge on any atom is -0.465 e. The first kappa shape index (κ1) is 21.0. The maximum Gasteiger partial charge on any atom is 0.341 e. The van der Waals surface area contributed by atoms with Crippen LogP contribution < -0.4 is 5.32 Å². The Kier molecular flexibility index (Phi) is 7.04. The van der Waals surface area contributed by atoms with Crippen LogP contribution in [0.5, 0.6) is 0 Å². The number of anilines is 1. The number of thiophene rings is 1. The summed E-state index contributed by atoms with van der Waals surface area (Å²) in [6, 6.07) is 9.61. The first-order valence-corrected chi connectivity index (χ1v) is 10.5. The van der Waals surface area contributed by atoms with Crippen LogP contribution in [0.1, 0.15) is 46.1 Å². The average molecular weight is 416 g/mol. The van der Waals surface area contributed by atoms with Crippen molar-refractivity contribution >= 4 is 34.2 Å². The molecule has 1 aromatic heterocycles. The van der Waals surface area contributed by atoms with Crippen molar-refractivity contribution in [3.8, 4) is 0 Å². The summed E-state index contributed by atoms with van der Waals surface area (Å²) in [5.41, 5.74) is 2.44. The molecule has 0 fully saturated rings. The molecule has 1 heterocycles. The third-order valence-electron chi connectivity index (χ3n) is 4.98. The molecule has 0 aliphatic heterocycles. The number of carbonyl (C=O) groups excluding carboxylic acids is 3. The zero-order valence-electron chi connectivity index (χ0n) is 16.7. The van der Waals surface area contributed by atoms with Gasteiger partial charge in [-0.1, -0.05) is 37.3 Å². The minimum absolute atomic E-state index is 0.204. The maximum absolute atomic E-state index is 12.3. The van der Waals surface area contributed by atoms with E-state index in [0.29, 0.717) is 22.9 Å². The lowest BCUT2D eigenvalue weighted by molar-refractivity contribution is -0.147. The van der Waals surface area contributed by atoms with Crippen molar-refractivity contribution in [2.24, 2.45) is 5.92 Å². The van der Waals surface area contributed by atoms with Gasteiger partial charge in [-0.05, 0) is 42.7 Å². The molecule has 29 heavy (non-hydrogen) atoms. The standard InChI is InChI=1S/C22H25NO5S/c1-14-8-10-16-17(12-14)29-21(20(16)22(26)27-2)23-18(24)13-28-19(25)11-9-15-6-4-3-5-7-15/h3-7,14H,8-13H2,1-2H3,(H,23,24). The Bertz CT molecular complexity index is 890. The van der Waals surface area contributed by atoms with Crippen LogP contribution in [0.3, 0.4) is 0 Å². The highest BCUT2D eigenvalue weighted by molar-refractivity contribution is 7.17. The Morgan fingerprint density at radius 3 is 2.69 bits per heavy atom. The third kappa shape index (κ3) is 5.44. The number of hydrogen-bond donors (Lipinski definition) is 1. The summed E-state index contributed by atoms with van der Waals surface area (Å²) in [6.45, 7) is 1.79. The number of hydrogen-bond acceptors (Lipinski definition) is 6. The van der Waals surface area contributed by atoms with Crippen LogP contribution in [0.25, 0.3) is 0 Å². The van der Waals surface area contributed by atoms with Gasteiger partial charge in [0, 0.05) is 11.3 Å². The van der Waals surface area contributed by atoms with Crippen molar-refractivity contribution < 1.29 is 23.9 Å². The predicted octanol–water partition coefficient (Wildman–Crippen LogP) is 3.77. The van der Waals surface area contributed by atoms with Gasteiger partial charge in [0.2, 0.25) is 0 Å². The summed E-state index contributed by atoms with van der Waals surface area (Å²) >= 11 is 1.41. The second-order valence-electron chi connectivity index (χ2n) is 7.24. The Labute approximate surface area is 174 Å². The number of methoxy groups -OCH3 is 1. The first-order chi connectivity index (χ1) is 14.0. The summed E-state index contributed by atoms with van der Waals surface area (Å²) in [5.74, 6) is -0.806. The fraction of sp³-hybridized carbons (Fsp3) is 0.409. The maximum atomic E-state index is 12.3. The summed E-state index contributed by atoms with van der Waals surface area (Å²) in [7, 11) is 1.33. The zero-order valence-corrected chi connectivity index (χ0v) is 17.5. The van der Waals surface area contributed by atoms with Crippen molar-refractivity contribution in [3.63, 3.8) is 0 Å². The summed E-state index contributed by atoms with van der Waals surface area (Å²) in [6.07, 6.45) is 3.44. The molecule has 0 spiro atoms. The lowest BCUT2D eigenvalue weighted by atomic mass is 9.88. The number of ether oxygens (including phenoxy) is 2. The first-order valence-electron chi connectivity index (χ1n) is 9.70. The van der Waals surface area contributed by atoms with E-state index in [2.05, 4.69) is 12.2 Å². The van der Waals surface area contributed by atoms with Gasteiger partial charge < -0.3 is 14.8 Å². The van der Waals surface area contributed by atoms with Crippen LogP contribution >= 0.6 is 11.3 Å². The Balaban J connectivity index is 1.57. The van der Waals surface area contributed by atoms with Crippen LogP contribution in [0.15, 0.2) is 30.3 Å². The van der Waals surface area contributed by atoms with E-state index in [-0.39, 0.29) is 13.0 Å². The smallest absolute Gasteiger partial charge is 0.341 e. The van der Waals surface area contributed by atoms with Crippen LogP contribution in [-0.2, 0) is 38.3 Å². The molecule has 1 amide bonds. The van der Waals surface area contributed by atoms with E-state index in [1.807, 2.05) is 30.3 Å². The number of amides is 1. The SMILES string of the molecule is COC(=O)c1c(NC(=O)COC(=O)CCc2ccccc2)sc2c1CCC(C)C2. The minimum atomic E-state index is -0.463. The molecular weight excluding hydrogens is 390 g/mol. The summed E-state index contributed by atoms with van der Waals surface area (Å²) in [4.78, 5) is 37.6. The highest BCUT2D eigenvalue weighted by Gasteiger charge is 2.29. The van der Waals surface area contributed by atoms with E-state index in [0.717, 1.165) is 35.3 Å². The van der Waals surface area contributed by atoms with Crippen molar-refractivity contribution in [1.82, 2.24) is 0 Å². The molecule has 154 valence electrons. The molecule has 1 aliphatic rings. The Morgan fingerprint density at radius 2 is 1.97 bits per heavy atom. The lowest BCUT2D eigenvalue weighted by Crippen LogP contribution is -2.22. The van der Waals surface area contributed by atoms with Gasteiger partial charge in [-0.2, -0.15) is 0 Å². The molecule has 0 saturated heterocycles. The van der Waals surface area contributed by atoms with Crippen LogP contribution in [0, 0.1) is 5.92 Å². The monoisotopic (exact) mass is 415 g/mol. The number of rotatable bonds is 7. The van der Waals surface area contributed by atoms with Gasteiger partial charge in [0.05, 0.1) is 12.7 Å². The molecule has 3 rings (SSSR count). The normalized spacial score (nSPS) is 15.3. The molecule has 0 saturated carbocycles. The van der Waals surface area contributed by atoms with Crippen molar-refractivity contribution in [1.29, 1.82) is 0 Å². The predicted molar refractivity (Wildman–Crippen MR) is 111 cm³/mol. The van der Waals surface area contributed by atoms with E-state index in [4.69, 9.17) is 9.47 Å². The molecule has 1 N–H and O–H groups in total. The average Bonchev–Trinajstić information content (AvgIpc) is 3.07. The van der Waals surface area contributed by atoms with Crippen molar-refractivity contribution in [3.05, 3.63) is 51.9 Å². The molecule has 0 radical (unpaired) electrons. The van der Waals surface area contributed by atoms with E-state index in [1.165, 1.54) is 18.4 Å². The molecule has 1 aliphatic carbocycles. The van der Waals surface area contributed by atoms with Crippen molar-refractivity contribution in [2.75, 3.05) is 19.0 Å². The highest BCUT2D eigenvalue weighted by Crippen LogP contribution is 2.40. The van der Waals surface area contributed by atoms with Gasteiger partial charge in [0.1, 0.15) is 5.00 Å². The van der Waals surface area contributed by atoms with Gasteiger partial charge in [-0.3, -0.25) is 9.59 Å². The number of aryl methyl sites for hydroxylation is 1. The number of nitrogens with one attached hydrogen (secondary N) is 1. The van der Waals surface area contributed by atoms with E-state index in [9.17, 15) is 14.4 Å². The molecule has 7 heteroatoms. The van der Waals surface area contributed by atoms with Gasteiger partial charge in [-0.25, -0.2) is 4.79 Å². The number of esters is 2. The zero-order chi connectivity index (χ0) is 20.8. The summed E-state index contributed by atoms with van der Waals surface area (Å²) in [5, 5.41) is 3.20. The number of carbonyl (C=O) groups is 3. The largest absolute Gasteiger partial charge is 0.465 e. The van der Waals surface area contributed by atoms with Gasteiger partial charge in [0.15, 0.2) is 6.61 Å². The van der Waals surface area contributed by atoms with E-state index >= 15 is 0 Å². The number of benzene rings is 1. The van der Waals surface area contributed by atoms with Crippen LogP contribution in [0.4, 0.5) is 5.00 Å². The molecular formula is C22H25NO5S. The highest BCUT2D eigenvalue weighted by atomic mass is 32.1. The molecule has 2 aromatic rings. The van der Waals surface area contributed by atoms with E-state index < -0.39 is 17.8 Å². The topological polar surface area (TPSA) is 81.7 Å². The second-order valence-corrected chi connectivity index (χ2v) is 8.35. The fourth-order valence-electron chi connectivity index (χ4n) is 3.43.